The van der Waals surface area contributed by atoms with E-state index in [2.05, 4.69) is 0 Å². The molecule has 4 nitrogen and oxygen atoms in total. The Balaban J connectivity index is 2.42. The summed E-state index contributed by atoms with van der Waals surface area (Å²) in [5, 5.41) is 7.64. The smallest absolute Gasteiger partial charge is 0.169 e. The van der Waals surface area contributed by atoms with Crippen LogP contribution >= 0.6 is 0 Å². The summed E-state index contributed by atoms with van der Waals surface area (Å²) in [5.41, 5.74) is 8.29. The van der Waals surface area contributed by atoms with Crippen molar-refractivity contribution in [3.8, 4) is 17.2 Å². The van der Waals surface area contributed by atoms with E-state index in [1.165, 1.54) is 0 Å². The molecule has 0 aromatic heterocycles. The summed E-state index contributed by atoms with van der Waals surface area (Å²) in [6.45, 7) is 3.93. The maximum absolute atomic E-state index is 7.64. The Labute approximate surface area is 118 Å². The number of hydrogen-bond acceptors (Lipinski definition) is 3. The fourth-order valence-electron chi connectivity index (χ4n) is 1.92. The van der Waals surface area contributed by atoms with Crippen molar-refractivity contribution >= 4 is 5.84 Å². The molecule has 4 heteroatoms. The molecule has 0 saturated heterocycles. The standard InChI is InChI=1S/C16H18N2O2/c1-10-4-6-13(12(8-10)16(17)18)20-14-7-5-11(2)9-15(14)19-3/h4-9H,1-3H3,(H3,17,18). The second-order valence-corrected chi connectivity index (χ2v) is 4.67. The van der Waals surface area contributed by atoms with Crippen LogP contribution in [0.3, 0.4) is 0 Å². The molecule has 0 aliphatic heterocycles. The number of methoxy groups -OCH3 is 1. The fraction of sp³-hybridized carbons (Fsp3) is 0.188. The number of amidine groups is 1. The van der Waals surface area contributed by atoms with Crippen molar-refractivity contribution in [1.29, 1.82) is 5.41 Å². The second kappa shape index (κ2) is 5.65. The van der Waals surface area contributed by atoms with Crippen LogP contribution in [0.25, 0.3) is 0 Å². The maximum atomic E-state index is 7.64. The van der Waals surface area contributed by atoms with Crippen LogP contribution in [0.15, 0.2) is 36.4 Å². The minimum Gasteiger partial charge on any atom is -0.493 e. The van der Waals surface area contributed by atoms with E-state index in [4.69, 9.17) is 20.6 Å². The summed E-state index contributed by atoms with van der Waals surface area (Å²) in [5.74, 6) is 1.78. The van der Waals surface area contributed by atoms with Gasteiger partial charge in [-0.15, -0.1) is 0 Å². The zero-order chi connectivity index (χ0) is 14.7. The number of nitrogens with two attached hydrogens (primary N) is 1. The van der Waals surface area contributed by atoms with Crippen molar-refractivity contribution in [3.63, 3.8) is 0 Å². The van der Waals surface area contributed by atoms with Crippen molar-refractivity contribution in [2.24, 2.45) is 5.73 Å². The summed E-state index contributed by atoms with van der Waals surface area (Å²) in [6, 6.07) is 11.3. The quantitative estimate of drug-likeness (QED) is 0.661. The van der Waals surface area contributed by atoms with Gasteiger partial charge >= 0.3 is 0 Å². The highest BCUT2D eigenvalue weighted by atomic mass is 16.5. The summed E-state index contributed by atoms with van der Waals surface area (Å²) in [7, 11) is 1.60. The molecule has 0 amide bonds. The topological polar surface area (TPSA) is 68.3 Å². The van der Waals surface area contributed by atoms with Crippen LogP contribution in [-0.4, -0.2) is 12.9 Å². The average molecular weight is 270 g/mol. The zero-order valence-electron chi connectivity index (χ0n) is 11.9. The van der Waals surface area contributed by atoms with Crippen LogP contribution < -0.4 is 15.2 Å². The van der Waals surface area contributed by atoms with Crippen LogP contribution in [0.2, 0.25) is 0 Å². The Morgan fingerprint density at radius 3 is 2.15 bits per heavy atom. The lowest BCUT2D eigenvalue weighted by atomic mass is 10.1. The first-order valence-corrected chi connectivity index (χ1v) is 6.29. The predicted molar refractivity (Wildman–Crippen MR) is 80.0 cm³/mol. The lowest BCUT2D eigenvalue weighted by Crippen LogP contribution is -2.12. The minimum atomic E-state index is -0.0187. The molecule has 0 aliphatic carbocycles. The Kier molecular flexibility index (Phi) is 3.94. The van der Waals surface area contributed by atoms with Crippen LogP contribution in [-0.2, 0) is 0 Å². The fourth-order valence-corrected chi connectivity index (χ4v) is 1.92. The van der Waals surface area contributed by atoms with E-state index in [1.807, 2.05) is 50.2 Å². The molecule has 0 aliphatic rings. The number of nitrogen functional groups attached to an aromatic ring is 1. The molecular formula is C16H18N2O2. The Bertz CT molecular complexity index is 651. The van der Waals surface area contributed by atoms with Crippen LogP contribution in [0.4, 0.5) is 0 Å². The molecule has 104 valence electrons. The van der Waals surface area contributed by atoms with E-state index in [0.717, 1.165) is 11.1 Å². The van der Waals surface area contributed by atoms with Gasteiger partial charge in [0.25, 0.3) is 0 Å². The molecule has 3 N–H and O–H groups in total. The molecule has 0 radical (unpaired) electrons. The monoisotopic (exact) mass is 270 g/mol. The molecule has 0 saturated carbocycles. The van der Waals surface area contributed by atoms with Gasteiger partial charge in [0, 0.05) is 0 Å². The number of hydrogen-bond donors (Lipinski definition) is 2. The van der Waals surface area contributed by atoms with Crippen LogP contribution in [0, 0.1) is 19.3 Å². The van der Waals surface area contributed by atoms with E-state index in [-0.39, 0.29) is 5.84 Å². The van der Waals surface area contributed by atoms with E-state index < -0.39 is 0 Å². The third-order valence-corrected chi connectivity index (χ3v) is 2.96. The van der Waals surface area contributed by atoms with Crippen molar-refractivity contribution in [2.75, 3.05) is 7.11 Å². The molecule has 20 heavy (non-hydrogen) atoms. The third kappa shape index (κ3) is 2.91. The largest absolute Gasteiger partial charge is 0.493 e. The molecule has 0 unspecified atom stereocenters. The second-order valence-electron chi connectivity index (χ2n) is 4.67. The number of rotatable bonds is 4. The van der Waals surface area contributed by atoms with Crippen molar-refractivity contribution in [2.45, 2.75) is 13.8 Å². The van der Waals surface area contributed by atoms with Gasteiger partial charge in [-0.1, -0.05) is 17.7 Å². The van der Waals surface area contributed by atoms with Crippen LogP contribution in [0.5, 0.6) is 17.2 Å². The van der Waals surface area contributed by atoms with Gasteiger partial charge in [-0.2, -0.15) is 0 Å². The van der Waals surface area contributed by atoms with Gasteiger partial charge in [-0.05, 0) is 43.7 Å². The Morgan fingerprint density at radius 1 is 0.950 bits per heavy atom. The third-order valence-electron chi connectivity index (χ3n) is 2.96. The molecule has 0 bridgehead atoms. The lowest BCUT2D eigenvalue weighted by Gasteiger charge is -2.14. The summed E-state index contributed by atoms with van der Waals surface area (Å²) < 4.78 is 11.2. The number of benzene rings is 2. The average Bonchev–Trinajstić information content (AvgIpc) is 2.42. The first-order chi connectivity index (χ1) is 9.51. The number of ether oxygens (including phenoxy) is 2. The first kappa shape index (κ1) is 13.9. The molecule has 0 spiro atoms. The highest BCUT2D eigenvalue weighted by Gasteiger charge is 2.11. The molecule has 2 rings (SSSR count). The summed E-state index contributed by atoms with van der Waals surface area (Å²) in [4.78, 5) is 0. The molecule has 0 heterocycles. The maximum Gasteiger partial charge on any atom is 0.169 e. The van der Waals surface area contributed by atoms with Gasteiger partial charge < -0.3 is 15.2 Å². The van der Waals surface area contributed by atoms with Gasteiger partial charge in [0.15, 0.2) is 11.5 Å². The van der Waals surface area contributed by atoms with Gasteiger partial charge in [-0.3, -0.25) is 5.41 Å². The number of nitrogens with one attached hydrogen (secondary N) is 1. The van der Waals surface area contributed by atoms with Crippen LogP contribution in [0.1, 0.15) is 16.7 Å². The molecule has 2 aromatic carbocycles. The minimum absolute atomic E-state index is 0.0187. The SMILES string of the molecule is COc1cc(C)ccc1Oc1ccc(C)cc1C(=N)N. The van der Waals surface area contributed by atoms with Crippen molar-refractivity contribution in [3.05, 3.63) is 53.1 Å². The van der Waals surface area contributed by atoms with Gasteiger partial charge in [-0.25, -0.2) is 0 Å². The lowest BCUT2D eigenvalue weighted by molar-refractivity contribution is 0.378. The van der Waals surface area contributed by atoms with Gasteiger partial charge in [0.1, 0.15) is 11.6 Å². The van der Waals surface area contributed by atoms with E-state index in [9.17, 15) is 0 Å². The predicted octanol–water partition coefficient (Wildman–Crippen LogP) is 3.39. The van der Waals surface area contributed by atoms with E-state index in [1.54, 1.807) is 7.11 Å². The number of aryl methyl sites for hydroxylation is 2. The molecule has 0 fully saturated rings. The normalized spacial score (nSPS) is 10.2. The molecule has 0 atom stereocenters. The summed E-state index contributed by atoms with van der Waals surface area (Å²) >= 11 is 0. The molecule has 2 aromatic rings. The first-order valence-electron chi connectivity index (χ1n) is 6.29. The highest BCUT2D eigenvalue weighted by molar-refractivity contribution is 5.97. The zero-order valence-corrected chi connectivity index (χ0v) is 11.9. The van der Waals surface area contributed by atoms with E-state index >= 15 is 0 Å². The Hall–Kier alpha value is -2.49. The van der Waals surface area contributed by atoms with Gasteiger partial charge in [0.05, 0.1) is 12.7 Å². The van der Waals surface area contributed by atoms with Crippen molar-refractivity contribution < 1.29 is 9.47 Å². The Morgan fingerprint density at radius 2 is 1.55 bits per heavy atom. The van der Waals surface area contributed by atoms with E-state index in [0.29, 0.717) is 22.8 Å². The van der Waals surface area contributed by atoms with Gasteiger partial charge in [0.2, 0.25) is 0 Å². The van der Waals surface area contributed by atoms with Crippen molar-refractivity contribution in [1.82, 2.24) is 0 Å². The highest BCUT2D eigenvalue weighted by Crippen LogP contribution is 2.33. The summed E-state index contributed by atoms with van der Waals surface area (Å²) in [6.07, 6.45) is 0. The molecular weight excluding hydrogens is 252 g/mol.